The number of thioether (sulfide) groups is 1. The van der Waals surface area contributed by atoms with Gasteiger partial charge in [0.15, 0.2) is 0 Å². The minimum absolute atomic E-state index is 0.00772. The second kappa shape index (κ2) is 11.0. The number of carbonyl (C=O) groups excluding carboxylic acids is 2. The Hall–Kier alpha value is -1.98. The van der Waals surface area contributed by atoms with Crippen LogP contribution < -0.4 is 5.32 Å². The topological polar surface area (TPSA) is 49.4 Å². The van der Waals surface area contributed by atoms with Crippen LogP contribution in [-0.4, -0.2) is 35.6 Å². The van der Waals surface area contributed by atoms with Crippen LogP contribution >= 0.6 is 23.4 Å². The molecule has 0 saturated heterocycles. The first-order chi connectivity index (χ1) is 13.0. The number of likely N-dealkylation sites (N-methyl/N-ethyl adjacent to an activating group) is 1. The molecule has 2 rings (SSSR count). The Morgan fingerprint density at radius 1 is 1.11 bits per heavy atom. The summed E-state index contributed by atoms with van der Waals surface area (Å²) in [6.45, 7) is 2.20. The van der Waals surface area contributed by atoms with Gasteiger partial charge in [0.2, 0.25) is 11.8 Å². The zero-order valence-corrected chi connectivity index (χ0v) is 17.2. The molecule has 1 unspecified atom stereocenters. The maximum Gasteiger partial charge on any atom is 0.242 e. The number of amides is 2. The highest BCUT2D eigenvalue weighted by atomic mass is 35.5. The summed E-state index contributed by atoms with van der Waals surface area (Å²) in [4.78, 5) is 27.6. The third-order valence-corrected chi connectivity index (χ3v) is 5.58. The van der Waals surface area contributed by atoms with Gasteiger partial charge in [0.25, 0.3) is 0 Å². The second-order valence-electron chi connectivity index (χ2n) is 6.20. The van der Waals surface area contributed by atoms with Crippen LogP contribution in [0.3, 0.4) is 0 Å². The fraction of sp³-hybridized carbons (Fsp3) is 0.333. The largest absolute Gasteiger partial charge is 0.357 e. The highest BCUT2D eigenvalue weighted by Crippen LogP contribution is 2.22. The lowest BCUT2D eigenvalue weighted by Gasteiger charge is -2.28. The summed E-state index contributed by atoms with van der Waals surface area (Å²) in [5.41, 5.74) is 1.01. The number of hydrogen-bond donors (Lipinski definition) is 1. The Morgan fingerprint density at radius 3 is 2.41 bits per heavy atom. The molecule has 0 aliphatic rings. The summed E-state index contributed by atoms with van der Waals surface area (Å²) < 4.78 is 0. The van der Waals surface area contributed by atoms with Crippen LogP contribution in [0.1, 0.15) is 25.3 Å². The fourth-order valence-corrected chi connectivity index (χ4v) is 3.64. The zero-order chi connectivity index (χ0) is 19.6. The van der Waals surface area contributed by atoms with Crippen molar-refractivity contribution in [2.75, 3.05) is 12.8 Å². The van der Waals surface area contributed by atoms with E-state index < -0.39 is 6.04 Å². The van der Waals surface area contributed by atoms with E-state index in [-0.39, 0.29) is 11.8 Å². The molecular formula is C21H25ClN2O2S. The number of hydrogen-bond acceptors (Lipinski definition) is 3. The van der Waals surface area contributed by atoms with E-state index in [1.54, 1.807) is 30.6 Å². The van der Waals surface area contributed by atoms with Crippen LogP contribution in [0, 0.1) is 0 Å². The molecule has 0 fully saturated rings. The smallest absolute Gasteiger partial charge is 0.242 e. The zero-order valence-electron chi connectivity index (χ0n) is 15.7. The molecule has 4 nitrogen and oxygen atoms in total. The van der Waals surface area contributed by atoms with Gasteiger partial charge in [-0.25, -0.2) is 0 Å². The van der Waals surface area contributed by atoms with E-state index in [4.69, 9.17) is 11.6 Å². The molecular weight excluding hydrogens is 380 g/mol. The molecule has 2 aromatic carbocycles. The van der Waals surface area contributed by atoms with Crippen molar-refractivity contribution in [3.63, 3.8) is 0 Å². The average molecular weight is 405 g/mol. The van der Waals surface area contributed by atoms with Gasteiger partial charge in [-0.3, -0.25) is 9.59 Å². The molecule has 1 N–H and O–H groups in total. The van der Waals surface area contributed by atoms with Crippen molar-refractivity contribution < 1.29 is 9.59 Å². The number of rotatable bonds is 9. The maximum absolute atomic E-state index is 12.8. The Kier molecular flexibility index (Phi) is 8.69. The van der Waals surface area contributed by atoms with Crippen molar-refractivity contribution in [2.45, 2.75) is 37.2 Å². The molecule has 0 aliphatic heterocycles. The second-order valence-corrected chi connectivity index (χ2v) is 7.81. The van der Waals surface area contributed by atoms with E-state index in [1.807, 2.05) is 54.6 Å². The molecule has 0 saturated carbocycles. The molecule has 2 aromatic rings. The molecule has 0 bridgehead atoms. The number of benzene rings is 2. The van der Waals surface area contributed by atoms with E-state index in [9.17, 15) is 9.59 Å². The van der Waals surface area contributed by atoms with Crippen LogP contribution in [0.2, 0.25) is 5.02 Å². The van der Waals surface area contributed by atoms with E-state index >= 15 is 0 Å². The van der Waals surface area contributed by atoms with E-state index in [0.29, 0.717) is 18.0 Å². The molecule has 2 amide bonds. The lowest BCUT2D eigenvalue weighted by atomic mass is 10.1. The maximum atomic E-state index is 12.8. The molecule has 0 heterocycles. The lowest BCUT2D eigenvalue weighted by molar-refractivity contribution is -0.140. The Morgan fingerprint density at radius 2 is 1.78 bits per heavy atom. The average Bonchev–Trinajstić information content (AvgIpc) is 2.70. The molecule has 0 aliphatic carbocycles. The van der Waals surface area contributed by atoms with Gasteiger partial charge < -0.3 is 10.2 Å². The third-order valence-electron chi connectivity index (χ3n) is 4.23. The van der Waals surface area contributed by atoms with Gasteiger partial charge in [0, 0.05) is 29.9 Å². The van der Waals surface area contributed by atoms with Crippen LogP contribution in [0.15, 0.2) is 59.5 Å². The number of nitrogens with one attached hydrogen (secondary N) is 1. The van der Waals surface area contributed by atoms with Crippen molar-refractivity contribution in [3.05, 3.63) is 65.2 Å². The molecule has 6 heteroatoms. The summed E-state index contributed by atoms with van der Waals surface area (Å²) in [7, 11) is 1.59. The molecule has 0 spiro atoms. The Bertz CT molecular complexity index is 738. The minimum Gasteiger partial charge on any atom is -0.357 e. The van der Waals surface area contributed by atoms with E-state index in [2.05, 4.69) is 5.32 Å². The number of carbonyl (C=O) groups is 2. The van der Waals surface area contributed by atoms with Gasteiger partial charge in [0.1, 0.15) is 6.04 Å². The molecule has 1 atom stereocenters. The molecule has 0 aromatic heterocycles. The van der Waals surface area contributed by atoms with Crippen LogP contribution in [0.25, 0.3) is 0 Å². The predicted molar refractivity (Wildman–Crippen MR) is 112 cm³/mol. The van der Waals surface area contributed by atoms with Gasteiger partial charge in [-0.2, -0.15) is 0 Å². The number of nitrogens with zero attached hydrogens (tertiary/aromatic N) is 1. The van der Waals surface area contributed by atoms with E-state index in [1.165, 1.54) is 0 Å². The summed E-state index contributed by atoms with van der Waals surface area (Å²) in [5.74, 6) is 0.669. The van der Waals surface area contributed by atoms with Crippen LogP contribution in [-0.2, 0) is 16.1 Å². The van der Waals surface area contributed by atoms with Gasteiger partial charge in [-0.05, 0) is 48.9 Å². The van der Waals surface area contributed by atoms with Gasteiger partial charge in [0.05, 0.1) is 0 Å². The standard InChI is InChI=1S/C21H25ClN2O2S/c1-16(21(26)23-2)24(15-17-7-4-3-5-8-17)20(25)9-6-14-27-19-12-10-18(22)11-13-19/h3-5,7-8,10-13,16H,6,9,14-15H2,1-2H3,(H,23,26). The van der Waals surface area contributed by atoms with Gasteiger partial charge in [-0.1, -0.05) is 41.9 Å². The van der Waals surface area contributed by atoms with Crippen molar-refractivity contribution in [1.82, 2.24) is 10.2 Å². The summed E-state index contributed by atoms with van der Waals surface area (Å²) >= 11 is 7.59. The van der Waals surface area contributed by atoms with Crippen molar-refractivity contribution in [1.29, 1.82) is 0 Å². The molecule has 27 heavy (non-hydrogen) atoms. The first kappa shape index (κ1) is 21.3. The fourth-order valence-electron chi connectivity index (χ4n) is 2.66. The highest BCUT2D eigenvalue weighted by molar-refractivity contribution is 7.99. The lowest BCUT2D eigenvalue weighted by Crippen LogP contribution is -2.46. The Balaban J connectivity index is 1.92. The normalized spacial score (nSPS) is 11.7. The predicted octanol–water partition coefficient (Wildman–Crippen LogP) is 4.38. The number of halogens is 1. The van der Waals surface area contributed by atoms with Crippen molar-refractivity contribution >= 4 is 35.2 Å². The highest BCUT2D eigenvalue weighted by Gasteiger charge is 2.24. The third kappa shape index (κ3) is 6.92. The SMILES string of the molecule is CNC(=O)C(C)N(Cc1ccccc1)C(=O)CCCSc1ccc(Cl)cc1. The summed E-state index contributed by atoms with van der Waals surface area (Å²) in [6.07, 6.45) is 1.16. The summed E-state index contributed by atoms with van der Waals surface area (Å²) in [5, 5.41) is 3.35. The van der Waals surface area contributed by atoms with Crippen molar-refractivity contribution in [3.8, 4) is 0 Å². The first-order valence-corrected chi connectivity index (χ1v) is 10.3. The Labute approximate surface area is 170 Å². The quantitative estimate of drug-likeness (QED) is 0.498. The van der Waals surface area contributed by atoms with Crippen LogP contribution in [0.4, 0.5) is 0 Å². The monoisotopic (exact) mass is 404 g/mol. The first-order valence-electron chi connectivity index (χ1n) is 8.94. The van der Waals surface area contributed by atoms with Gasteiger partial charge in [-0.15, -0.1) is 11.8 Å². The van der Waals surface area contributed by atoms with Crippen molar-refractivity contribution in [2.24, 2.45) is 0 Å². The minimum atomic E-state index is -0.508. The van der Waals surface area contributed by atoms with E-state index in [0.717, 1.165) is 22.6 Å². The van der Waals surface area contributed by atoms with Crippen LogP contribution in [0.5, 0.6) is 0 Å². The molecule has 144 valence electrons. The molecule has 0 radical (unpaired) electrons. The van der Waals surface area contributed by atoms with Gasteiger partial charge >= 0.3 is 0 Å². The summed E-state index contributed by atoms with van der Waals surface area (Å²) in [6, 6.07) is 16.9.